The first-order valence-electron chi connectivity index (χ1n) is 6.49. The SMILES string of the molecule is C[C@H]1CCCC[C@H]1NC(=O)Nc1ccccc1Br. The highest BCUT2D eigenvalue weighted by atomic mass is 79.9. The highest BCUT2D eigenvalue weighted by Crippen LogP contribution is 2.24. The maximum absolute atomic E-state index is 11.9. The Morgan fingerprint density at radius 1 is 1.28 bits per heavy atom. The van der Waals surface area contributed by atoms with E-state index in [1.165, 1.54) is 19.3 Å². The highest BCUT2D eigenvalue weighted by Gasteiger charge is 2.22. The molecule has 2 amide bonds. The third kappa shape index (κ3) is 3.48. The Hall–Kier alpha value is -1.03. The molecule has 0 radical (unpaired) electrons. The van der Waals surface area contributed by atoms with E-state index in [4.69, 9.17) is 0 Å². The summed E-state index contributed by atoms with van der Waals surface area (Å²) in [4.78, 5) is 11.9. The molecule has 0 heterocycles. The van der Waals surface area contributed by atoms with Crippen molar-refractivity contribution in [1.29, 1.82) is 0 Å². The van der Waals surface area contributed by atoms with E-state index in [1.807, 2.05) is 24.3 Å². The second kappa shape index (κ2) is 6.23. The normalized spacial score (nSPS) is 23.4. The van der Waals surface area contributed by atoms with Crippen molar-refractivity contribution >= 4 is 27.6 Å². The Labute approximate surface area is 116 Å². The maximum Gasteiger partial charge on any atom is 0.319 e. The van der Waals surface area contributed by atoms with Gasteiger partial charge in [-0.3, -0.25) is 0 Å². The van der Waals surface area contributed by atoms with Crippen molar-refractivity contribution in [2.45, 2.75) is 38.6 Å². The third-order valence-electron chi connectivity index (χ3n) is 3.55. The number of hydrogen-bond acceptors (Lipinski definition) is 1. The minimum atomic E-state index is -0.111. The van der Waals surface area contributed by atoms with Crippen LogP contribution in [0.1, 0.15) is 32.6 Å². The fourth-order valence-electron chi connectivity index (χ4n) is 2.42. The van der Waals surface area contributed by atoms with E-state index in [2.05, 4.69) is 33.5 Å². The molecule has 2 N–H and O–H groups in total. The van der Waals surface area contributed by atoms with E-state index < -0.39 is 0 Å². The van der Waals surface area contributed by atoms with Gasteiger partial charge in [0, 0.05) is 10.5 Å². The van der Waals surface area contributed by atoms with E-state index in [9.17, 15) is 4.79 Å². The second-order valence-electron chi connectivity index (χ2n) is 4.95. The molecular weight excluding hydrogens is 292 g/mol. The minimum Gasteiger partial charge on any atom is -0.335 e. The van der Waals surface area contributed by atoms with Gasteiger partial charge in [0.25, 0.3) is 0 Å². The van der Waals surface area contributed by atoms with Crippen molar-refractivity contribution < 1.29 is 4.79 Å². The summed E-state index contributed by atoms with van der Waals surface area (Å²) in [5.41, 5.74) is 0.804. The van der Waals surface area contributed by atoms with E-state index in [1.54, 1.807) is 0 Å². The molecule has 0 aromatic heterocycles. The molecule has 1 fully saturated rings. The number of rotatable bonds is 2. The molecule has 98 valence electrons. The van der Waals surface area contributed by atoms with E-state index in [0.717, 1.165) is 16.6 Å². The van der Waals surface area contributed by atoms with Gasteiger partial charge in [-0.25, -0.2) is 4.79 Å². The Balaban J connectivity index is 1.90. The van der Waals surface area contributed by atoms with Crippen LogP contribution < -0.4 is 10.6 Å². The molecular formula is C14H19BrN2O. The number of hydrogen-bond donors (Lipinski definition) is 2. The van der Waals surface area contributed by atoms with Crippen molar-refractivity contribution in [2.24, 2.45) is 5.92 Å². The number of urea groups is 1. The summed E-state index contributed by atoms with van der Waals surface area (Å²) in [6, 6.07) is 7.83. The van der Waals surface area contributed by atoms with Gasteiger partial charge < -0.3 is 10.6 Å². The molecule has 0 saturated heterocycles. The monoisotopic (exact) mass is 310 g/mol. The van der Waals surface area contributed by atoms with E-state index >= 15 is 0 Å². The lowest BCUT2D eigenvalue weighted by atomic mass is 9.86. The van der Waals surface area contributed by atoms with Crippen LogP contribution in [0, 0.1) is 5.92 Å². The van der Waals surface area contributed by atoms with Gasteiger partial charge in [0.1, 0.15) is 0 Å². The second-order valence-corrected chi connectivity index (χ2v) is 5.80. The number of para-hydroxylation sites is 1. The fourth-order valence-corrected chi connectivity index (χ4v) is 2.80. The first-order valence-corrected chi connectivity index (χ1v) is 7.28. The zero-order chi connectivity index (χ0) is 13.0. The lowest BCUT2D eigenvalue weighted by Gasteiger charge is -2.29. The molecule has 3 nitrogen and oxygen atoms in total. The van der Waals surface area contributed by atoms with Crippen LogP contribution in [-0.2, 0) is 0 Å². The molecule has 1 saturated carbocycles. The average molecular weight is 311 g/mol. The number of carbonyl (C=O) groups is 1. The predicted octanol–water partition coefficient (Wildman–Crippen LogP) is 4.15. The van der Waals surface area contributed by atoms with Crippen LogP contribution in [-0.4, -0.2) is 12.1 Å². The predicted molar refractivity (Wildman–Crippen MR) is 77.7 cm³/mol. The van der Waals surface area contributed by atoms with Crippen molar-refractivity contribution in [2.75, 3.05) is 5.32 Å². The quantitative estimate of drug-likeness (QED) is 0.846. The first-order chi connectivity index (χ1) is 8.66. The summed E-state index contributed by atoms with van der Waals surface area (Å²) >= 11 is 3.42. The molecule has 2 rings (SSSR count). The van der Waals surface area contributed by atoms with Crippen molar-refractivity contribution in [1.82, 2.24) is 5.32 Å². The van der Waals surface area contributed by atoms with Crippen LogP contribution in [0.3, 0.4) is 0 Å². The van der Waals surface area contributed by atoms with Gasteiger partial charge in [-0.15, -0.1) is 0 Å². The summed E-state index contributed by atoms with van der Waals surface area (Å²) in [5.74, 6) is 0.573. The van der Waals surface area contributed by atoms with Gasteiger partial charge in [0.05, 0.1) is 5.69 Å². The summed E-state index contributed by atoms with van der Waals surface area (Å²) in [7, 11) is 0. The smallest absolute Gasteiger partial charge is 0.319 e. The number of carbonyl (C=O) groups excluding carboxylic acids is 1. The third-order valence-corrected chi connectivity index (χ3v) is 4.24. The minimum absolute atomic E-state index is 0.111. The van der Waals surface area contributed by atoms with Crippen LogP contribution in [0.15, 0.2) is 28.7 Å². The molecule has 1 aliphatic carbocycles. The lowest BCUT2D eigenvalue weighted by molar-refractivity contribution is 0.232. The highest BCUT2D eigenvalue weighted by molar-refractivity contribution is 9.10. The summed E-state index contributed by atoms with van der Waals surface area (Å²) < 4.78 is 0.900. The number of halogens is 1. The topological polar surface area (TPSA) is 41.1 Å². The van der Waals surface area contributed by atoms with E-state index in [-0.39, 0.29) is 6.03 Å². The Morgan fingerprint density at radius 2 is 2.00 bits per heavy atom. The van der Waals surface area contributed by atoms with Gasteiger partial charge in [0.2, 0.25) is 0 Å². The lowest BCUT2D eigenvalue weighted by Crippen LogP contribution is -2.43. The molecule has 18 heavy (non-hydrogen) atoms. The Morgan fingerprint density at radius 3 is 2.72 bits per heavy atom. The average Bonchev–Trinajstić information content (AvgIpc) is 2.35. The summed E-state index contributed by atoms with van der Waals surface area (Å²) in [6.07, 6.45) is 4.79. The summed E-state index contributed by atoms with van der Waals surface area (Å²) in [5, 5.41) is 5.95. The van der Waals surface area contributed by atoms with Crippen LogP contribution >= 0.6 is 15.9 Å². The van der Waals surface area contributed by atoms with Gasteiger partial charge in [0.15, 0.2) is 0 Å². The first kappa shape index (κ1) is 13.4. The fraction of sp³-hybridized carbons (Fsp3) is 0.500. The van der Waals surface area contributed by atoms with Crippen molar-refractivity contribution in [3.8, 4) is 0 Å². The van der Waals surface area contributed by atoms with Gasteiger partial charge in [-0.1, -0.05) is 31.9 Å². The molecule has 1 aliphatic rings. The largest absolute Gasteiger partial charge is 0.335 e. The molecule has 0 unspecified atom stereocenters. The number of benzene rings is 1. The zero-order valence-corrected chi connectivity index (χ0v) is 12.2. The number of anilines is 1. The van der Waals surface area contributed by atoms with Gasteiger partial charge in [-0.05, 0) is 46.8 Å². The molecule has 0 aliphatic heterocycles. The maximum atomic E-state index is 11.9. The Bertz CT molecular complexity index is 422. The number of nitrogens with one attached hydrogen (secondary N) is 2. The number of amides is 2. The van der Waals surface area contributed by atoms with Crippen molar-refractivity contribution in [3.05, 3.63) is 28.7 Å². The van der Waals surface area contributed by atoms with Crippen LogP contribution in [0.4, 0.5) is 10.5 Å². The molecule has 1 aromatic carbocycles. The van der Waals surface area contributed by atoms with E-state index in [0.29, 0.717) is 12.0 Å². The Kier molecular flexibility index (Phi) is 4.64. The van der Waals surface area contributed by atoms with Crippen LogP contribution in [0.5, 0.6) is 0 Å². The van der Waals surface area contributed by atoms with Gasteiger partial charge in [-0.2, -0.15) is 0 Å². The molecule has 0 spiro atoms. The van der Waals surface area contributed by atoms with Crippen LogP contribution in [0.2, 0.25) is 0 Å². The molecule has 4 heteroatoms. The molecule has 2 atom stereocenters. The molecule has 0 bridgehead atoms. The summed E-state index contributed by atoms with van der Waals surface area (Å²) in [6.45, 7) is 2.21. The molecule has 1 aromatic rings. The zero-order valence-electron chi connectivity index (χ0n) is 10.6. The van der Waals surface area contributed by atoms with Gasteiger partial charge >= 0.3 is 6.03 Å². The standard InChI is InChI=1S/C14H19BrN2O/c1-10-6-2-4-8-12(10)16-14(18)17-13-9-5-3-7-11(13)15/h3,5,7,9-10,12H,2,4,6,8H2,1H3,(H2,16,17,18)/t10-,12+/m0/s1. The van der Waals surface area contributed by atoms with Crippen molar-refractivity contribution in [3.63, 3.8) is 0 Å². The van der Waals surface area contributed by atoms with Crippen LogP contribution in [0.25, 0.3) is 0 Å².